The molecule has 6 heteroatoms. The summed E-state index contributed by atoms with van der Waals surface area (Å²) in [4.78, 5) is 12.2. The summed E-state index contributed by atoms with van der Waals surface area (Å²) in [6.45, 7) is 0. The molecule has 2 aromatic carbocycles. The first kappa shape index (κ1) is 15.0. The number of hydrogen-bond donors (Lipinski definition) is 2. The molecular weight excluding hydrogens is 294 g/mol. The maximum absolute atomic E-state index is 12.2. The minimum absolute atomic E-state index is 0.0307. The Morgan fingerprint density at radius 2 is 1.81 bits per heavy atom. The van der Waals surface area contributed by atoms with Gasteiger partial charge in [0.05, 0.1) is 24.8 Å². The van der Waals surface area contributed by atoms with Crippen LogP contribution in [0.15, 0.2) is 36.4 Å². The Labute approximate surface area is 127 Å². The molecule has 0 unspecified atom stereocenters. The predicted octanol–water partition coefficient (Wildman–Crippen LogP) is 3.32. The van der Waals surface area contributed by atoms with Gasteiger partial charge in [0.15, 0.2) is 11.5 Å². The molecule has 110 valence electrons. The maximum atomic E-state index is 12.2. The summed E-state index contributed by atoms with van der Waals surface area (Å²) in [5.74, 6) is 0.600. The molecular formula is C15H14ClNO4. The van der Waals surface area contributed by atoms with E-state index in [4.69, 9.17) is 21.1 Å². The second kappa shape index (κ2) is 6.37. The first-order chi connectivity index (χ1) is 10.0. The number of carbonyl (C=O) groups excluding carboxylic acids is 1. The van der Waals surface area contributed by atoms with Crippen molar-refractivity contribution in [3.63, 3.8) is 0 Å². The van der Waals surface area contributed by atoms with E-state index in [1.807, 2.05) is 0 Å². The predicted molar refractivity (Wildman–Crippen MR) is 80.6 cm³/mol. The molecule has 0 saturated carbocycles. The number of amides is 1. The summed E-state index contributed by atoms with van der Waals surface area (Å²) in [5, 5.41) is 12.4. The van der Waals surface area contributed by atoms with E-state index in [0.29, 0.717) is 17.2 Å². The van der Waals surface area contributed by atoms with Crippen LogP contribution in [0.25, 0.3) is 0 Å². The number of anilines is 1. The van der Waals surface area contributed by atoms with Gasteiger partial charge in [0, 0.05) is 11.8 Å². The minimum Gasteiger partial charge on any atom is -0.508 e. The monoisotopic (exact) mass is 307 g/mol. The molecule has 0 bridgehead atoms. The van der Waals surface area contributed by atoms with Gasteiger partial charge < -0.3 is 19.9 Å². The number of benzene rings is 2. The number of carbonyl (C=O) groups is 1. The summed E-state index contributed by atoms with van der Waals surface area (Å²) in [5.41, 5.74) is 0.712. The fourth-order valence-electron chi connectivity index (χ4n) is 1.80. The lowest BCUT2D eigenvalue weighted by Crippen LogP contribution is -2.12. The fourth-order valence-corrected chi connectivity index (χ4v) is 2.00. The second-order valence-electron chi connectivity index (χ2n) is 4.19. The van der Waals surface area contributed by atoms with Crippen LogP contribution < -0.4 is 14.8 Å². The van der Waals surface area contributed by atoms with Gasteiger partial charge in [-0.3, -0.25) is 4.79 Å². The van der Waals surface area contributed by atoms with Crippen LogP contribution in [0.2, 0.25) is 5.02 Å². The average molecular weight is 308 g/mol. The average Bonchev–Trinajstić information content (AvgIpc) is 2.49. The number of methoxy groups -OCH3 is 2. The molecule has 2 aromatic rings. The van der Waals surface area contributed by atoms with Gasteiger partial charge in [-0.05, 0) is 30.3 Å². The van der Waals surface area contributed by atoms with Gasteiger partial charge in [-0.15, -0.1) is 0 Å². The highest BCUT2D eigenvalue weighted by Crippen LogP contribution is 2.30. The van der Waals surface area contributed by atoms with Gasteiger partial charge in [-0.1, -0.05) is 11.6 Å². The number of rotatable bonds is 4. The number of aromatic hydroxyl groups is 1. The van der Waals surface area contributed by atoms with E-state index in [0.717, 1.165) is 0 Å². The van der Waals surface area contributed by atoms with Crippen LogP contribution in [-0.4, -0.2) is 25.2 Å². The molecule has 0 fully saturated rings. The Kier molecular flexibility index (Phi) is 4.55. The maximum Gasteiger partial charge on any atom is 0.257 e. The van der Waals surface area contributed by atoms with Crippen LogP contribution in [0.4, 0.5) is 5.69 Å². The van der Waals surface area contributed by atoms with E-state index >= 15 is 0 Å². The Morgan fingerprint density at radius 3 is 2.48 bits per heavy atom. The highest BCUT2D eigenvalue weighted by molar-refractivity contribution is 6.34. The van der Waals surface area contributed by atoms with E-state index < -0.39 is 5.91 Å². The van der Waals surface area contributed by atoms with Crippen LogP contribution in [-0.2, 0) is 0 Å². The fraction of sp³-hybridized carbons (Fsp3) is 0.133. The molecule has 0 aliphatic heterocycles. The number of nitrogens with one attached hydrogen (secondary N) is 1. The number of hydrogen-bond acceptors (Lipinski definition) is 4. The number of halogens is 1. The van der Waals surface area contributed by atoms with E-state index in [9.17, 15) is 9.90 Å². The lowest BCUT2D eigenvalue weighted by atomic mass is 10.2. The molecule has 21 heavy (non-hydrogen) atoms. The van der Waals surface area contributed by atoms with E-state index in [-0.39, 0.29) is 16.3 Å². The van der Waals surface area contributed by atoms with Crippen molar-refractivity contribution >= 4 is 23.2 Å². The van der Waals surface area contributed by atoms with Crippen molar-refractivity contribution in [1.82, 2.24) is 0 Å². The summed E-state index contributed by atoms with van der Waals surface area (Å²) < 4.78 is 10.3. The minimum atomic E-state index is -0.428. The molecule has 2 N–H and O–H groups in total. The lowest BCUT2D eigenvalue weighted by molar-refractivity contribution is 0.102. The normalized spacial score (nSPS) is 10.0. The second-order valence-corrected chi connectivity index (χ2v) is 4.60. The Bertz CT molecular complexity index is 673. The summed E-state index contributed by atoms with van der Waals surface area (Å²) in [7, 11) is 3.04. The summed E-state index contributed by atoms with van der Waals surface area (Å²) in [6, 6.07) is 9.16. The molecule has 1 amide bonds. The summed E-state index contributed by atoms with van der Waals surface area (Å²) >= 11 is 5.95. The Balaban J connectivity index is 2.25. The summed E-state index contributed by atoms with van der Waals surface area (Å²) in [6.07, 6.45) is 0. The van der Waals surface area contributed by atoms with Crippen molar-refractivity contribution in [2.24, 2.45) is 0 Å². The van der Waals surface area contributed by atoms with Crippen molar-refractivity contribution in [3.8, 4) is 17.2 Å². The molecule has 0 aliphatic rings. The van der Waals surface area contributed by atoms with Crippen molar-refractivity contribution < 1.29 is 19.4 Å². The lowest BCUT2D eigenvalue weighted by Gasteiger charge is -2.11. The third kappa shape index (κ3) is 3.38. The molecule has 0 radical (unpaired) electrons. The van der Waals surface area contributed by atoms with Crippen LogP contribution in [0.3, 0.4) is 0 Å². The van der Waals surface area contributed by atoms with Gasteiger partial charge >= 0.3 is 0 Å². The zero-order chi connectivity index (χ0) is 15.4. The van der Waals surface area contributed by atoms with Gasteiger partial charge in [0.2, 0.25) is 0 Å². The molecule has 2 rings (SSSR count). The standard InChI is InChI=1S/C15H14ClNO4/c1-20-13-6-3-9(7-14(13)21-2)17-15(19)11-8-10(18)4-5-12(11)16/h3-8,18H,1-2H3,(H,17,19). The van der Waals surface area contributed by atoms with Crippen LogP contribution in [0, 0.1) is 0 Å². The first-order valence-electron chi connectivity index (χ1n) is 6.07. The van der Waals surface area contributed by atoms with Crippen molar-refractivity contribution in [2.75, 3.05) is 19.5 Å². The largest absolute Gasteiger partial charge is 0.508 e. The Hall–Kier alpha value is -2.40. The van der Waals surface area contributed by atoms with Gasteiger partial charge in [0.25, 0.3) is 5.91 Å². The molecule has 0 aromatic heterocycles. The van der Waals surface area contributed by atoms with Crippen molar-refractivity contribution in [1.29, 1.82) is 0 Å². The van der Waals surface area contributed by atoms with Crippen molar-refractivity contribution in [2.45, 2.75) is 0 Å². The van der Waals surface area contributed by atoms with Gasteiger partial charge in [0.1, 0.15) is 5.75 Å². The Morgan fingerprint density at radius 1 is 1.10 bits per heavy atom. The van der Waals surface area contributed by atoms with E-state index in [1.54, 1.807) is 18.2 Å². The number of phenolic OH excluding ortho intramolecular Hbond substituents is 1. The first-order valence-corrected chi connectivity index (χ1v) is 6.45. The third-order valence-electron chi connectivity index (χ3n) is 2.84. The van der Waals surface area contributed by atoms with Gasteiger partial charge in [-0.25, -0.2) is 0 Å². The van der Waals surface area contributed by atoms with Crippen LogP contribution in [0.5, 0.6) is 17.2 Å². The highest BCUT2D eigenvalue weighted by atomic mass is 35.5. The number of phenols is 1. The van der Waals surface area contributed by atoms with Crippen LogP contribution in [0.1, 0.15) is 10.4 Å². The zero-order valence-corrected chi connectivity index (χ0v) is 12.3. The topological polar surface area (TPSA) is 67.8 Å². The number of ether oxygens (including phenoxy) is 2. The quantitative estimate of drug-likeness (QED) is 0.909. The molecule has 5 nitrogen and oxygen atoms in total. The van der Waals surface area contributed by atoms with E-state index in [1.165, 1.54) is 32.4 Å². The van der Waals surface area contributed by atoms with Gasteiger partial charge in [-0.2, -0.15) is 0 Å². The van der Waals surface area contributed by atoms with E-state index in [2.05, 4.69) is 5.32 Å². The highest BCUT2D eigenvalue weighted by Gasteiger charge is 2.13. The molecule has 0 aliphatic carbocycles. The van der Waals surface area contributed by atoms with Crippen LogP contribution >= 0.6 is 11.6 Å². The zero-order valence-electron chi connectivity index (χ0n) is 11.5. The SMILES string of the molecule is COc1ccc(NC(=O)c2cc(O)ccc2Cl)cc1OC. The molecule has 0 heterocycles. The molecule has 0 saturated heterocycles. The van der Waals surface area contributed by atoms with Crippen molar-refractivity contribution in [3.05, 3.63) is 47.0 Å². The molecule has 0 atom stereocenters. The third-order valence-corrected chi connectivity index (χ3v) is 3.17. The smallest absolute Gasteiger partial charge is 0.257 e. The molecule has 0 spiro atoms.